The van der Waals surface area contributed by atoms with Gasteiger partial charge in [-0.05, 0) is 48.2 Å². The molecule has 2 atom stereocenters. The van der Waals surface area contributed by atoms with Crippen LogP contribution >= 0.6 is 0 Å². The van der Waals surface area contributed by atoms with Gasteiger partial charge in [0.15, 0.2) is 0 Å². The average molecular weight is 436 g/mol. The molecule has 0 spiro atoms. The van der Waals surface area contributed by atoms with E-state index in [2.05, 4.69) is 20.6 Å². The van der Waals surface area contributed by atoms with Crippen LogP contribution in [0, 0.1) is 5.82 Å². The summed E-state index contributed by atoms with van der Waals surface area (Å²) in [6.07, 6.45) is 1.18. The summed E-state index contributed by atoms with van der Waals surface area (Å²) in [6.45, 7) is 0.841. The molecular formula is C24H22F2N4O2. The quantitative estimate of drug-likeness (QED) is 0.435. The second kappa shape index (κ2) is 8.55. The Labute approximate surface area is 183 Å². The second-order valence-electron chi connectivity index (χ2n) is 7.94. The van der Waals surface area contributed by atoms with Crippen LogP contribution in [-0.2, 0) is 11.3 Å². The average Bonchev–Trinajstić information content (AvgIpc) is 3.23. The molecule has 0 radical (unpaired) electrons. The molecule has 0 aliphatic carbocycles. The van der Waals surface area contributed by atoms with E-state index in [-0.39, 0.29) is 30.9 Å². The van der Waals surface area contributed by atoms with Gasteiger partial charge >= 0.3 is 0 Å². The Morgan fingerprint density at radius 2 is 2.09 bits per heavy atom. The standard InChI is InChI=1S/C24H22F2N4O2/c25-19-2-1-3-21-18(19)10-17(29-21)12-28-24(31)14-4-5-15-11-27-23(9-16(15)8-14)30-22-6-7-32-13-20(22)26/h1-5,8-11,20,22,29H,6-7,12-13H2,(H,27,30)(H,28,31). The Morgan fingerprint density at radius 1 is 1.19 bits per heavy atom. The largest absolute Gasteiger partial charge is 0.378 e. The number of aromatic nitrogens is 2. The van der Waals surface area contributed by atoms with Gasteiger partial charge in [0.1, 0.15) is 17.8 Å². The van der Waals surface area contributed by atoms with Crippen LogP contribution in [0.1, 0.15) is 22.5 Å². The van der Waals surface area contributed by atoms with Crippen LogP contribution in [0.15, 0.2) is 54.7 Å². The van der Waals surface area contributed by atoms with E-state index >= 15 is 0 Å². The molecule has 0 bridgehead atoms. The molecule has 4 aromatic rings. The first-order valence-corrected chi connectivity index (χ1v) is 10.5. The molecule has 1 aliphatic heterocycles. The molecule has 5 rings (SSSR count). The third-order valence-corrected chi connectivity index (χ3v) is 5.71. The number of fused-ring (bicyclic) bond motifs is 2. The number of nitrogens with one attached hydrogen (secondary N) is 3. The molecule has 1 saturated heterocycles. The zero-order chi connectivity index (χ0) is 22.1. The van der Waals surface area contributed by atoms with Crippen molar-refractivity contribution in [2.75, 3.05) is 18.5 Å². The van der Waals surface area contributed by atoms with Crippen LogP contribution in [0.3, 0.4) is 0 Å². The van der Waals surface area contributed by atoms with Gasteiger partial charge in [0.25, 0.3) is 5.91 Å². The molecule has 0 saturated carbocycles. The summed E-state index contributed by atoms with van der Waals surface area (Å²) in [6, 6.07) is 13.3. The van der Waals surface area contributed by atoms with Crippen molar-refractivity contribution >= 4 is 33.4 Å². The highest BCUT2D eigenvalue weighted by Gasteiger charge is 2.25. The first-order valence-electron chi connectivity index (χ1n) is 10.5. The molecule has 164 valence electrons. The van der Waals surface area contributed by atoms with Crippen molar-refractivity contribution in [1.82, 2.24) is 15.3 Å². The molecule has 2 aromatic heterocycles. The van der Waals surface area contributed by atoms with E-state index in [4.69, 9.17) is 4.74 Å². The minimum atomic E-state index is -1.09. The number of carbonyl (C=O) groups excluding carboxylic acids is 1. The molecule has 6 nitrogen and oxygen atoms in total. The second-order valence-corrected chi connectivity index (χ2v) is 7.94. The number of carbonyl (C=O) groups is 1. The number of amides is 1. The molecule has 1 fully saturated rings. The third kappa shape index (κ3) is 4.13. The Balaban J connectivity index is 1.30. The highest BCUT2D eigenvalue weighted by Crippen LogP contribution is 2.22. The van der Waals surface area contributed by atoms with Crippen LogP contribution in [0.2, 0.25) is 0 Å². The van der Waals surface area contributed by atoms with E-state index in [1.165, 1.54) is 6.07 Å². The molecule has 3 heterocycles. The number of aromatic amines is 1. The number of anilines is 1. The van der Waals surface area contributed by atoms with Crippen LogP contribution in [0.25, 0.3) is 21.7 Å². The molecular weight excluding hydrogens is 414 g/mol. The molecule has 3 N–H and O–H groups in total. The summed E-state index contributed by atoms with van der Waals surface area (Å²) < 4.78 is 33.0. The predicted molar refractivity (Wildman–Crippen MR) is 119 cm³/mol. The normalized spacial score (nSPS) is 18.7. The zero-order valence-corrected chi connectivity index (χ0v) is 17.2. The van der Waals surface area contributed by atoms with E-state index in [1.807, 2.05) is 12.1 Å². The number of alkyl halides is 1. The fraction of sp³-hybridized carbons (Fsp3) is 0.250. The lowest BCUT2D eigenvalue weighted by atomic mass is 10.1. The maximum Gasteiger partial charge on any atom is 0.251 e. The van der Waals surface area contributed by atoms with Crippen molar-refractivity contribution in [3.8, 4) is 0 Å². The van der Waals surface area contributed by atoms with Crippen molar-refractivity contribution in [2.24, 2.45) is 0 Å². The van der Waals surface area contributed by atoms with E-state index in [0.29, 0.717) is 41.0 Å². The maximum absolute atomic E-state index is 14.0. The molecule has 8 heteroatoms. The summed E-state index contributed by atoms with van der Waals surface area (Å²) in [5.74, 6) is 0.0130. The molecule has 2 unspecified atom stereocenters. The Kier molecular flexibility index (Phi) is 5.45. The van der Waals surface area contributed by atoms with Crippen LogP contribution < -0.4 is 10.6 Å². The van der Waals surface area contributed by atoms with E-state index in [1.54, 1.807) is 36.5 Å². The Bertz CT molecular complexity index is 1290. The number of hydrogen-bond donors (Lipinski definition) is 3. The smallest absolute Gasteiger partial charge is 0.251 e. The minimum Gasteiger partial charge on any atom is -0.378 e. The van der Waals surface area contributed by atoms with Gasteiger partial charge in [0, 0.05) is 40.4 Å². The van der Waals surface area contributed by atoms with Crippen LogP contribution in [0.4, 0.5) is 14.6 Å². The minimum absolute atomic E-state index is 0.0819. The summed E-state index contributed by atoms with van der Waals surface area (Å²) in [5.41, 5.74) is 1.89. The number of ether oxygens (including phenoxy) is 1. The van der Waals surface area contributed by atoms with Crippen molar-refractivity contribution in [3.63, 3.8) is 0 Å². The number of hydrogen-bond acceptors (Lipinski definition) is 4. The summed E-state index contributed by atoms with van der Waals surface area (Å²) in [7, 11) is 0. The molecule has 1 aliphatic rings. The van der Waals surface area contributed by atoms with Gasteiger partial charge in [-0.15, -0.1) is 0 Å². The van der Waals surface area contributed by atoms with E-state index < -0.39 is 6.17 Å². The summed E-state index contributed by atoms with van der Waals surface area (Å²) >= 11 is 0. The first kappa shape index (κ1) is 20.4. The molecule has 32 heavy (non-hydrogen) atoms. The number of halogens is 2. The maximum atomic E-state index is 14.0. The number of H-pyrrole nitrogens is 1. The predicted octanol–water partition coefficient (Wildman–Crippen LogP) is 4.32. The van der Waals surface area contributed by atoms with Gasteiger partial charge in [-0.1, -0.05) is 12.1 Å². The molecule has 1 amide bonds. The highest BCUT2D eigenvalue weighted by molar-refractivity contribution is 5.98. The summed E-state index contributed by atoms with van der Waals surface area (Å²) in [5, 5.41) is 8.19. The van der Waals surface area contributed by atoms with Gasteiger partial charge in [0.05, 0.1) is 19.2 Å². The Hall–Kier alpha value is -3.52. The zero-order valence-electron chi connectivity index (χ0n) is 17.2. The van der Waals surface area contributed by atoms with Crippen molar-refractivity contribution in [2.45, 2.75) is 25.2 Å². The number of pyridine rings is 1. The third-order valence-electron chi connectivity index (χ3n) is 5.71. The number of benzene rings is 2. The number of rotatable bonds is 5. The van der Waals surface area contributed by atoms with Gasteiger partial charge < -0.3 is 20.4 Å². The fourth-order valence-corrected chi connectivity index (χ4v) is 3.97. The topological polar surface area (TPSA) is 79.0 Å². The van der Waals surface area contributed by atoms with Gasteiger partial charge in [-0.25, -0.2) is 13.8 Å². The van der Waals surface area contributed by atoms with Crippen molar-refractivity contribution in [1.29, 1.82) is 0 Å². The highest BCUT2D eigenvalue weighted by atomic mass is 19.1. The SMILES string of the molecule is O=C(NCc1cc2c(F)cccc2[nH]1)c1ccc2cnc(NC3CCOCC3F)cc2c1. The van der Waals surface area contributed by atoms with Crippen LogP contribution in [-0.4, -0.2) is 41.3 Å². The lowest BCUT2D eigenvalue weighted by Gasteiger charge is -2.27. The monoisotopic (exact) mass is 436 g/mol. The Morgan fingerprint density at radius 3 is 2.94 bits per heavy atom. The number of nitrogens with zero attached hydrogens (tertiary/aromatic N) is 1. The van der Waals surface area contributed by atoms with Crippen LogP contribution in [0.5, 0.6) is 0 Å². The van der Waals surface area contributed by atoms with E-state index in [9.17, 15) is 13.6 Å². The van der Waals surface area contributed by atoms with Crippen molar-refractivity contribution in [3.05, 3.63) is 71.8 Å². The van der Waals surface area contributed by atoms with Gasteiger partial charge in [-0.3, -0.25) is 4.79 Å². The van der Waals surface area contributed by atoms with Gasteiger partial charge in [-0.2, -0.15) is 0 Å². The van der Waals surface area contributed by atoms with Gasteiger partial charge in [0.2, 0.25) is 0 Å². The lowest BCUT2D eigenvalue weighted by Crippen LogP contribution is -2.39. The van der Waals surface area contributed by atoms with E-state index in [0.717, 1.165) is 10.8 Å². The lowest BCUT2D eigenvalue weighted by molar-refractivity contribution is 0.0285. The van der Waals surface area contributed by atoms with Crippen molar-refractivity contribution < 1.29 is 18.3 Å². The first-order chi connectivity index (χ1) is 15.6. The summed E-state index contributed by atoms with van der Waals surface area (Å²) in [4.78, 5) is 20.2. The fourth-order valence-electron chi connectivity index (χ4n) is 3.97. The molecule has 2 aromatic carbocycles.